The number of ether oxygens (including phenoxy) is 2. The molecule has 0 radical (unpaired) electrons. The third kappa shape index (κ3) is 1.39. The van der Waals surface area contributed by atoms with E-state index in [0.717, 1.165) is 24.5 Å². The Morgan fingerprint density at radius 2 is 2.13 bits per heavy atom. The van der Waals surface area contributed by atoms with Crippen LogP contribution in [0.5, 0.6) is 11.5 Å². The molecular weight excluding hydrogens is 192 g/mol. The fourth-order valence-electron chi connectivity index (χ4n) is 2.00. The van der Waals surface area contributed by atoms with Crippen LogP contribution in [0.25, 0.3) is 5.57 Å². The van der Waals surface area contributed by atoms with Gasteiger partial charge in [0.1, 0.15) is 18.1 Å². The molecule has 2 aliphatic rings. The molecule has 2 aliphatic heterocycles. The van der Waals surface area contributed by atoms with E-state index in [2.05, 4.69) is 6.08 Å². The molecule has 0 amide bonds. The Kier molecular flexibility index (Phi) is 1.92. The van der Waals surface area contributed by atoms with Crippen LogP contribution in [0.2, 0.25) is 0 Å². The van der Waals surface area contributed by atoms with Gasteiger partial charge in [-0.15, -0.1) is 0 Å². The van der Waals surface area contributed by atoms with Gasteiger partial charge < -0.3 is 14.6 Å². The molecule has 0 bridgehead atoms. The van der Waals surface area contributed by atoms with Crippen molar-refractivity contribution in [1.29, 1.82) is 0 Å². The molecule has 3 nitrogen and oxygen atoms in total. The summed E-state index contributed by atoms with van der Waals surface area (Å²) in [6, 6.07) is 5.23. The van der Waals surface area contributed by atoms with Gasteiger partial charge in [0.2, 0.25) is 0 Å². The highest BCUT2D eigenvalue weighted by Gasteiger charge is 2.27. The summed E-state index contributed by atoms with van der Waals surface area (Å²) in [4.78, 5) is 0. The maximum atomic E-state index is 9.46. The second kappa shape index (κ2) is 3.28. The molecule has 0 spiro atoms. The maximum absolute atomic E-state index is 9.46. The topological polar surface area (TPSA) is 38.7 Å². The molecule has 1 fully saturated rings. The molecule has 2 heterocycles. The third-order valence-corrected chi connectivity index (χ3v) is 2.89. The predicted molar refractivity (Wildman–Crippen MR) is 55.9 cm³/mol. The number of hydrogen-bond acceptors (Lipinski definition) is 3. The quantitative estimate of drug-likeness (QED) is 0.758. The van der Waals surface area contributed by atoms with Gasteiger partial charge in [0.05, 0.1) is 13.2 Å². The zero-order valence-electron chi connectivity index (χ0n) is 8.27. The van der Waals surface area contributed by atoms with Crippen LogP contribution in [-0.4, -0.2) is 24.9 Å². The average molecular weight is 204 g/mol. The van der Waals surface area contributed by atoms with Crippen LogP contribution in [0.15, 0.2) is 24.3 Å². The van der Waals surface area contributed by atoms with E-state index in [1.807, 2.05) is 6.07 Å². The standard InChI is InChI=1S/C12H12O3/c13-9-1-2-12-11(5-9)10(3-4-15-12)8-6-14-7-8/h1-3,5,8,13H,4,6-7H2. The second-order valence-corrected chi connectivity index (χ2v) is 3.89. The van der Waals surface area contributed by atoms with E-state index in [1.54, 1.807) is 12.1 Å². The number of phenolic OH excluding ortho intramolecular Hbond substituents is 1. The van der Waals surface area contributed by atoms with Crippen molar-refractivity contribution < 1.29 is 14.6 Å². The van der Waals surface area contributed by atoms with E-state index in [-0.39, 0.29) is 5.75 Å². The summed E-state index contributed by atoms with van der Waals surface area (Å²) < 4.78 is 10.7. The first-order valence-corrected chi connectivity index (χ1v) is 5.08. The molecule has 0 aliphatic carbocycles. The molecule has 3 rings (SSSR count). The smallest absolute Gasteiger partial charge is 0.127 e. The maximum Gasteiger partial charge on any atom is 0.127 e. The van der Waals surface area contributed by atoms with Gasteiger partial charge in [0.15, 0.2) is 0 Å². The van der Waals surface area contributed by atoms with Crippen LogP contribution < -0.4 is 4.74 Å². The van der Waals surface area contributed by atoms with Gasteiger partial charge in [-0.1, -0.05) is 0 Å². The Morgan fingerprint density at radius 1 is 1.27 bits per heavy atom. The number of fused-ring (bicyclic) bond motifs is 1. The zero-order chi connectivity index (χ0) is 10.3. The molecule has 0 saturated carbocycles. The highest BCUT2D eigenvalue weighted by Crippen LogP contribution is 2.38. The normalized spacial score (nSPS) is 19.9. The van der Waals surface area contributed by atoms with Gasteiger partial charge in [-0.05, 0) is 29.8 Å². The largest absolute Gasteiger partial charge is 0.508 e. The first-order valence-electron chi connectivity index (χ1n) is 5.08. The van der Waals surface area contributed by atoms with E-state index >= 15 is 0 Å². The summed E-state index contributed by atoms with van der Waals surface area (Å²) in [7, 11) is 0. The Labute approximate surface area is 87.9 Å². The fraction of sp³-hybridized carbons (Fsp3) is 0.333. The summed E-state index contributed by atoms with van der Waals surface area (Å²) in [5.74, 6) is 1.61. The summed E-state index contributed by atoms with van der Waals surface area (Å²) >= 11 is 0. The summed E-state index contributed by atoms with van der Waals surface area (Å²) in [6.45, 7) is 2.17. The highest BCUT2D eigenvalue weighted by atomic mass is 16.5. The second-order valence-electron chi connectivity index (χ2n) is 3.89. The van der Waals surface area contributed by atoms with Gasteiger partial charge in [0.25, 0.3) is 0 Å². The number of rotatable bonds is 1. The number of phenols is 1. The Bertz CT molecular complexity index is 419. The fourth-order valence-corrected chi connectivity index (χ4v) is 2.00. The molecule has 3 heteroatoms. The molecule has 1 saturated heterocycles. The van der Waals surface area contributed by atoms with Gasteiger partial charge in [0, 0.05) is 11.5 Å². The van der Waals surface area contributed by atoms with Crippen LogP contribution in [0.1, 0.15) is 5.56 Å². The van der Waals surface area contributed by atoms with Crippen molar-refractivity contribution in [3.63, 3.8) is 0 Å². The lowest BCUT2D eigenvalue weighted by atomic mass is 9.89. The minimum Gasteiger partial charge on any atom is -0.508 e. The Hall–Kier alpha value is -1.48. The van der Waals surface area contributed by atoms with Crippen molar-refractivity contribution in [2.75, 3.05) is 19.8 Å². The molecule has 0 atom stereocenters. The summed E-state index contributed by atoms with van der Waals surface area (Å²) in [6.07, 6.45) is 2.08. The monoisotopic (exact) mass is 204 g/mol. The van der Waals surface area contributed by atoms with Crippen LogP contribution in [0.3, 0.4) is 0 Å². The van der Waals surface area contributed by atoms with Crippen molar-refractivity contribution >= 4 is 5.57 Å². The molecule has 1 N–H and O–H groups in total. The minimum atomic E-state index is 0.283. The van der Waals surface area contributed by atoms with Gasteiger partial charge in [-0.2, -0.15) is 0 Å². The van der Waals surface area contributed by atoms with E-state index in [1.165, 1.54) is 5.57 Å². The first-order chi connectivity index (χ1) is 7.34. The first kappa shape index (κ1) is 8.80. The van der Waals surface area contributed by atoms with E-state index in [0.29, 0.717) is 12.5 Å². The van der Waals surface area contributed by atoms with E-state index in [9.17, 15) is 5.11 Å². The molecule has 0 unspecified atom stereocenters. The van der Waals surface area contributed by atoms with Crippen molar-refractivity contribution in [3.05, 3.63) is 29.8 Å². The average Bonchev–Trinajstić information content (AvgIpc) is 2.16. The lowest BCUT2D eigenvalue weighted by molar-refractivity contribution is -0.00314. The van der Waals surface area contributed by atoms with Crippen LogP contribution in [-0.2, 0) is 4.74 Å². The molecular formula is C12H12O3. The van der Waals surface area contributed by atoms with E-state index in [4.69, 9.17) is 9.47 Å². The summed E-state index contributed by atoms with van der Waals surface area (Å²) in [5, 5.41) is 9.46. The number of benzene rings is 1. The molecule has 0 aromatic heterocycles. The lowest BCUT2D eigenvalue weighted by Crippen LogP contribution is -2.29. The van der Waals surface area contributed by atoms with E-state index < -0.39 is 0 Å². The van der Waals surface area contributed by atoms with Gasteiger partial charge >= 0.3 is 0 Å². The van der Waals surface area contributed by atoms with Crippen molar-refractivity contribution in [3.8, 4) is 11.5 Å². The Balaban J connectivity index is 2.03. The van der Waals surface area contributed by atoms with Crippen LogP contribution in [0.4, 0.5) is 0 Å². The summed E-state index contributed by atoms with van der Waals surface area (Å²) in [5.41, 5.74) is 2.26. The van der Waals surface area contributed by atoms with Crippen molar-refractivity contribution in [1.82, 2.24) is 0 Å². The number of aromatic hydroxyl groups is 1. The minimum absolute atomic E-state index is 0.283. The lowest BCUT2D eigenvalue weighted by Gasteiger charge is -2.31. The Morgan fingerprint density at radius 3 is 2.87 bits per heavy atom. The van der Waals surface area contributed by atoms with Crippen molar-refractivity contribution in [2.24, 2.45) is 5.92 Å². The van der Waals surface area contributed by atoms with Crippen LogP contribution >= 0.6 is 0 Å². The highest BCUT2D eigenvalue weighted by molar-refractivity contribution is 5.75. The SMILES string of the molecule is Oc1ccc2c(c1)C(C1COC1)=CCO2. The zero-order valence-corrected chi connectivity index (χ0v) is 8.27. The molecule has 78 valence electrons. The molecule has 15 heavy (non-hydrogen) atoms. The number of hydrogen-bond donors (Lipinski definition) is 1. The van der Waals surface area contributed by atoms with Crippen molar-refractivity contribution in [2.45, 2.75) is 0 Å². The third-order valence-electron chi connectivity index (χ3n) is 2.89. The van der Waals surface area contributed by atoms with Gasteiger partial charge in [-0.3, -0.25) is 0 Å². The molecule has 1 aromatic rings. The predicted octanol–water partition coefficient (Wildman–Crippen LogP) is 1.81. The van der Waals surface area contributed by atoms with Crippen LogP contribution in [0, 0.1) is 5.92 Å². The van der Waals surface area contributed by atoms with Gasteiger partial charge in [-0.25, -0.2) is 0 Å². The molecule has 1 aromatic carbocycles.